The topological polar surface area (TPSA) is 16.1 Å². The average Bonchev–Trinajstić information content (AvgIpc) is 3.44. The molecule has 0 saturated carbocycles. The van der Waals surface area contributed by atoms with Crippen molar-refractivity contribution >= 4 is 17.1 Å². The highest BCUT2D eigenvalue weighted by atomic mass is 15.2. The number of para-hydroxylation sites is 1. The number of rotatable bonds is 0. The zero-order valence-electron chi connectivity index (χ0n) is 19.3. The molecule has 0 amide bonds. The first kappa shape index (κ1) is 18.2. The summed E-state index contributed by atoms with van der Waals surface area (Å²) in [5.74, 6) is 0. The molecule has 0 spiro atoms. The van der Waals surface area contributed by atoms with Gasteiger partial charge in [0, 0.05) is 24.7 Å². The number of benzene rings is 4. The Bertz CT molecular complexity index is 1760. The zero-order valence-corrected chi connectivity index (χ0v) is 19.3. The minimum atomic E-state index is 0.914. The van der Waals surface area contributed by atoms with Crippen LogP contribution in [-0.4, -0.2) is 4.98 Å². The Labute approximate surface area is 204 Å². The van der Waals surface area contributed by atoms with E-state index in [-0.39, 0.29) is 0 Å². The van der Waals surface area contributed by atoms with E-state index in [0.29, 0.717) is 0 Å². The molecule has 9 rings (SSSR count). The van der Waals surface area contributed by atoms with Crippen LogP contribution in [0.25, 0.3) is 22.3 Å². The summed E-state index contributed by atoms with van der Waals surface area (Å²) in [4.78, 5) is 7.39. The average molecular weight is 447 g/mol. The van der Waals surface area contributed by atoms with E-state index in [2.05, 4.69) is 83.8 Å². The number of hydrogen-bond acceptors (Lipinski definition) is 2. The van der Waals surface area contributed by atoms with Gasteiger partial charge in [0.25, 0.3) is 0 Å². The molecular weight excluding hydrogens is 424 g/mol. The van der Waals surface area contributed by atoms with Crippen LogP contribution in [0.4, 0.5) is 17.1 Å². The van der Waals surface area contributed by atoms with Crippen LogP contribution in [0.2, 0.25) is 0 Å². The summed E-state index contributed by atoms with van der Waals surface area (Å²) in [6.45, 7) is 0. The smallest absolute Gasteiger partial charge is 0.0716 e. The number of fused-ring (bicyclic) bond motifs is 11. The fraction of sp³-hybridized carbons (Fsp3) is 0.121. The number of pyridine rings is 1. The van der Waals surface area contributed by atoms with Gasteiger partial charge in [-0.3, -0.25) is 4.98 Å². The molecule has 3 heterocycles. The maximum Gasteiger partial charge on any atom is 0.0716 e. The third kappa shape index (κ3) is 2.27. The van der Waals surface area contributed by atoms with Gasteiger partial charge >= 0.3 is 0 Å². The Kier molecular flexibility index (Phi) is 3.27. The van der Waals surface area contributed by atoms with Crippen LogP contribution in [0.5, 0.6) is 0 Å². The molecule has 4 aliphatic rings. The fourth-order valence-electron chi connectivity index (χ4n) is 7.07. The highest BCUT2D eigenvalue weighted by Crippen LogP contribution is 2.53. The molecule has 0 atom stereocenters. The molecule has 0 N–H and O–H groups in total. The Morgan fingerprint density at radius 2 is 1.31 bits per heavy atom. The molecule has 35 heavy (non-hydrogen) atoms. The summed E-state index contributed by atoms with van der Waals surface area (Å²) >= 11 is 0. The molecule has 4 aromatic carbocycles. The van der Waals surface area contributed by atoms with E-state index in [1.807, 2.05) is 6.20 Å². The molecule has 0 radical (unpaired) electrons. The molecule has 2 aliphatic heterocycles. The standard InChI is InChI=1S/C33H22N2/c1-3-7-24-19(5-1)13-22-15-23-16-28-25(27(23)17-26(22)24)9-10-32-29(28)18-30-33-21(11-12-34-30)14-20-6-2-4-8-31(20)35(32)33/h1-12,15,17H,13-14,16,18H2. The lowest BCUT2D eigenvalue weighted by molar-refractivity contribution is 0.949. The summed E-state index contributed by atoms with van der Waals surface area (Å²) in [5.41, 5.74) is 21.0. The van der Waals surface area contributed by atoms with Crippen LogP contribution in [0.15, 0.2) is 85.1 Å². The molecule has 5 aromatic rings. The second-order valence-corrected chi connectivity index (χ2v) is 10.3. The Morgan fingerprint density at radius 1 is 0.514 bits per heavy atom. The van der Waals surface area contributed by atoms with Crippen molar-refractivity contribution < 1.29 is 0 Å². The summed E-state index contributed by atoms with van der Waals surface area (Å²) in [6, 6.07) is 29.7. The maximum atomic E-state index is 4.89. The first-order valence-corrected chi connectivity index (χ1v) is 12.6. The highest BCUT2D eigenvalue weighted by Gasteiger charge is 2.35. The van der Waals surface area contributed by atoms with Crippen molar-refractivity contribution in [3.63, 3.8) is 0 Å². The summed E-state index contributed by atoms with van der Waals surface area (Å²) < 4.78 is 0. The van der Waals surface area contributed by atoms with E-state index in [1.54, 1.807) is 0 Å². The van der Waals surface area contributed by atoms with Gasteiger partial charge in [-0.25, -0.2) is 0 Å². The molecule has 0 fully saturated rings. The molecule has 1 aromatic heterocycles. The lowest BCUT2D eigenvalue weighted by atomic mass is 9.86. The Hall–Kier alpha value is -4.17. The zero-order chi connectivity index (χ0) is 22.7. The number of anilines is 3. The largest absolute Gasteiger partial charge is 0.308 e. The van der Waals surface area contributed by atoms with Crippen LogP contribution >= 0.6 is 0 Å². The Morgan fingerprint density at radius 3 is 2.29 bits per heavy atom. The van der Waals surface area contributed by atoms with Crippen molar-refractivity contribution in [1.82, 2.24) is 4.98 Å². The predicted molar refractivity (Wildman–Crippen MR) is 141 cm³/mol. The molecule has 164 valence electrons. The van der Waals surface area contributed by atoms with Crippen LogP contribution in [0, 0.1) is 0 Å². The van der Waals surface area contributed by atoms with Gasteiger partial charge in [-0.05, 0) is 98.3 Å². The van der Waals surface area contributed by atoms with Gasteiger partial charge in [-0.1, -0.05) is 54.6 Å². The lowest BCUT2D eigenvalue weighted by Crippen LogP contribution is -2.26. The van der Waals surface area contributed by atoms with Gasteiger partial charge in [0.1, 0.15) is 0 Å². The third-order valence-corrected chi connectivity index (χ3v) is 8.59. The quantitative estimate of drug-likeness (QED) is 0.240. The van der Waals surface area contributed by atoms with Gasteiger partial charge in [-0.15, -0.1) is 0 Å². The summed E-state index contributed by atoms with van der Waals surface area (Å²) in [7, 11) is 0. The minimum Gasteiger partial charge on any atom is -0.308 e. The van der Waals surface area contributed by atoms with E-state index in [1.165, 1.54) is 84.0 Å². The molecule has 0 saturated heterocycles. The highest BCUT2D eigenvalue weighted by molar-refractivity contribution is 5.93. The second-order valence-electron chi connectivity index (χ2n) is 10.3. The second kappa shape index (κ2) is 6.28. The van der Waals surface area contributed by atoms with Crippen molar-refractivity contribution in [2.24, 2.45) is 0 Å². The van der Waals surface area contributed by atoms with Crippen LogP contribution in [0.3, 0.4) is 0 Å². The monoisotopic (exact) mass is 446 g/mol. The van der Waals surface area contributed by atoms with Gasteiger partial charge in [0.15, 0.2) is 0 Å². The van der Waals surface area contributed by atoms with E-state index in [4.69, 9.17) is 4.98 Å². The first-order valence-electron chi connectivity index (χ1n) is 12.6. The molecular formula is C33H22N2. The molecule has 2 heteroatoms. The van der Waals surface area contributed by atoms with E-state index < -0.39 is 0 Å². The van der Waals surface area contributed by atoms with E-state index in [0.717, 1.165) is 25.7 Å². The minimum absolute atomic E-state index is 0.914. The van der Waals surface area contributed by atoms with Gasteiger partial charge < -0.3 is 4.90 Å². The van der Waals surface area contributed by atoms with Crippen molar-refractivity contribution in [3.8, 4) is 22.3 Å². The predicted octanol–water partition coefficient (Wildman–Crippen LogP) is 7.50. The third-order valence-electron chi connectivity index (χ3n) is 8.59. The van der Waals surface area contributed by atoms with E-state index >= 15 is 0 Å². The van der Waals surface area contributed by atoms with Gasteiger partial charge in [-0.2, -0.15) is 0 Å². The van der Waals surface area contributed by atoms with Crippen LogP contribution in [-0.2, 0) is 25.7 Å². The molecule has 2 aliphatic carbocycles. The maximum absolute atomic E-state index is 4.89. The van der Waals surface area contributed by atoms with E-state index in [9.17, 15) is 0 Å². The van der Waals surface area contributed by atoms with Crippen molar-refractivity contribution in [3.05, 3.63) is 130 Å². The Balaban J connectivity index is 1.26. The molecule has 0 bridgehead atoms. The van der Waals surface area contributed by atoms with Crippen molar-refractivity contribution in [1.29, 1.82) is 0 Å². The molecule has 0 unspecified atom stereocenters. The lowest BCUT2D eigenvalue weighted by Gasteiger charge is -2.39. The number of aromatic nitrogens is 1. The van der Waals surface area contributed by atoms with Crippen molar-refractivity contribution in [2.75, 3.05) is 4.90 Å². The number of hydrogen-bond donors (Lipinski definition) is 0. The fourth-order valence-corrected chi connectivity index (χ4v) is 7.07. The summed E-state index contributed by atoms with van der Waals surface area (Å²) in [5, 5.41) is 0. The SMILES string of the molecule is c1ccc2c(c1)Cc1cc3c(cc1-2)-c1ccc2c(c1C3)Cc1nccc3c1N2c1ccccc1C3. The summed E-state index contributed by atoms with van der Waals surface area (Å²) in [6.07, 6.45) is 5.97. The van der Waals surface area contributed by atoms with Crippen LogP contribution in [0.1, 0.15) is 44.6 Å². The normalized spacial score (nSPS) is 14.9. The van der Waals surface area contributed by atoms with Gasteiger partial charge in [0.05, 0.1) is 17.1 Å². The van der Waals surface area contributed by atoms with Crippen LogP contribution < -0.4 is 4.90 Å². The first-order chi connectivity index (χ1) is 17.3. The van der Waals surface area contributed by atoms with Crippen molar-refractivity contribution in [2.45, 2.75) is 25.7 Å². The number of nitrogens with zero attached hydrogens (tertiary/aromatic N) is 2. The molecule has 2 nitrogen and oxygen atoms in total. The van der Waals surface area contributed by atoms with Gasteiger partial charge in [0.2, 0.25) is 0 Å².